The number of carbonyl (C=O) groups is 1. The molecule has 0 radical (unpaired) electrons. The summed E-state index contributed by atoms with van der Waals surface area (Å²) in [6.45, 7) is 1.56. The number of nitrogens with two attached hydrogens (primary N) is 1. The van der Waals surface area contributed by atoms with Gasteiger partial charge in [0.25, 0.3) is 0 Å². The number of hydrogen-bond donors (Lipinski definition) is 3. The molecule has 0 spiro atoms. The van der Waals surface area contributed by atoms with Crippen LogP contribution in [0.15, 0.2) is 60.8 Å². The van der Waals surface area contributed by atoms with Crippen LogP contribution >= 0.6 is 0 Å². The van der Waals surface area contributed by atoms with Crippen molar-refractivity contribution in [1.82, 2.24) is 14.5 Å². The molecule has 0 aliphatic carbocycles. The molecule has 4 aromatic rings. The van der Waals surface area contributed by atoms with Crippen molar-refractivity contribution in [2.24, 2.45) is 12.8 Å². The quantitative estimate of drug-likeness (QED) is 0.373. The van der Waals surface area contributed by atoms with Gasteiger partial charge in [-0.05, 0) is 43.3 Å². The van der Waals surface area contributed by atoms with E-state index in [1.165, 1.54) is 18.3 Å². The van der Waals surface area contributed by atoms with E-state index in [9.17, 15) is 18.0 Å². The lowest BCUT2D eigenvalue weighted by Crippen LogP contribution is -2.32. The van der Waals surface area contributed by atoms with Gasteiger partial charge in [-0.2, -0.15) is 13.2 Å². The van der Waals surface area contributed by atoms with Crippen LogP contribution in [0.25, 0.3) is 11.0 Å². The fraction of sp³-hybridized carbons (Fsp3) is 0.174. The molecule has 4 N–H and O–H groups in total. The van der Waals surface area contributed by atoms with Gasteiger partial charge in [0.05, 0.1) is 22.6 Å². The van der Waals surface area contributed by atoms with Crippen molar-refractivity contribution < 1.29 is 22.7 Å². The Hall–Kier alpha value is -4.12. The molecule has 1 atom stereocenters. The molecule has 0 saturated heterocycles. The predicted molar refractivity (Wildman–Crippen MR) is 122 cm³/mol. The summed E-state index contributed by atoms with van der Waals surface area (Å²) >= 11 is 0. The number of alkyl halides is 3. The normalized spacial score (nSPS) is 12.4. The monoisotopic (exact) mass is 470 g/mol. The Kier molecular flexibility index (Phi) is 6.12. The van der Waals surface area contributed by atoms with E-state index >= 15 is 0 Å². The van der Waals surface area contributed by atoms with Gasteiger partial charge in [0.15, 0.2) is 0 Å². The largest absolute Gasteiger partial charge is 0.457 e. The van der Waals surface area contributed by atoms with Crippen LogP contribution in [0.2, 0.25) is 0 Å². The molecule has 2 heterocycles. The van der Waals surface area contributed by atoms with Crippen molar-refractivity contribution in [1.29, 1.82) is 0 Å². The van der Waals surface area contributed by atoms with E-state index in [-0.39, 0.29) is 11.6 Å². The predicted octanol–water partition coefficient (Wildman–Crippen LogP) is 4.81. The van der Waals surface area contributed by atoms with Gasteiger partial charge < -0.3 is 25.7 Å². The second-order valence-corrected chi connectivity index (χ2v) is 7.61. The fourth-order valence-corrected chi connectivity index (χ4v) is 3.18. The van der Waals surface area contributed by atoms with E-state index in [0.29, 0.717) is 28.8 Å². The lowest BCUT2D eigenvalue weighted by Gasteiger charge is -2.10. The number of pyridine rings is 1. The number of amides is 1. The van der Waals surface area contributed by atoms with Crippen molar-refractivity contribution in [3.8, 4) is 11.5 Å². The Bertz CT molecular complexity index is 1350. The number of carbonyl (C=O) groups excluding carboxylic acids is 1. The summed E-state index contributed by atoms with van der Waals surface area (Å²) in [6.07, 6.45) is -2.95. The van der Waals surface area contributed by atoms with Gasteiger partial charge in [0.1, 0.15) is 17.3 Å². The molecular weight excluding hydrogens is 449 g/mol. The van der Waals surface area contributed by atoms with Gasteiger partial charge in [-0.1, -0.05) is 6.07 Å². The van der Waals surface area contributed by atoms with Crippen LogP contribution in [0.3, 0.4) is 0 Å². The Morgan fingerprint density at radius 3 is 2.62 bits per heavy atom. The molecule has 1 amide bonds. The molecule has 176 valence electrons. The van der Waals surface area contributed by atoms with E-state index in [4.69, 9.17) is 10.5 Å². The highest BCUT2D eigenvalue weighted by atomic mass is 19.4. The number of halogens is 3. The first-order chi connectivity index (χ1) is 16.1. The highest BCUT2D eigenvalue weighted by molar-refractivity contribution is 5.93. The first kappa shape index (κ1) is 23.1. The van der Waals surface area contributed by atoms with Crippen LogP contribution in [0, 0.1) is 0 Å². The maximum Gasteiger partial charge on any atom is 0.416 e. The number of imidazole rings is 1. The van der Waals surface area contributed by atoms with E-state index < -0.39 is 17.8 Å². The molecule has 0 aliphatic rings. The summed E-state index contributed by atoms with van der Waals surface area (Å²) in [5, 5.41) is 5.53. The zero-order valence-electron chi connectivity index (χ0n) is 18.2. The summed E-state index contributed by atoms with van der Waals surface area (Å²) in [5.74, 6) is 1.21. The van der Waals surface area contributed by atoms with Crippen LogP contribution in [0.1, 0.15) is 12.5 Å². The Labute approximate surface area is 192 Å². The SMILES string of the molecule is C[C@H](N)C(=O)Nc1cc(Oc2ccc3c(c2)nc(Nc2cccc(C(F)(F)F)c2)n3C)ccn1. The number of benzene rings is 2. The molecule has 34 heavy (non-hydrogen) atoms. The van der Waals surface area contributed by atoms with E-state index in [1.54, 1.807) is 48.9 Å². The first-order valence-corrected chi connectivity index (χ1v) is 10.2. The van der Waals surface area contributed by atoms with Crippen LogP contribution in [-0.4, -0.2) is 26.5 Å². The summed E-state index contributed by atoms with van der Waals surface area (Å²) < 4.78 is 46.6. The fourth-order valence-electron chi connectivity index (χ4n) is 3.18. The smallest absolute Gasteiger partial charge is 0.416 e. The van der Waals surface area contributed by atoms with Crippen molar-refractivity contribution in [3.63, 3.8) is 0 Å². The molecule has 0 aliphatic heterocycles. The minimum atomic E-state index is -4.44. The number of hydrogen-bond acceptors (Lipinski definition) is 6. The standard InChI is InChI=1S/C23H21F3N6O2/c1-13(27)21(33)31-20-12-17(8-9-28-20)34-16-6-7-19-18(11-16)30-22(32(19)2)29-15-5-3-4-14(10-15)23(24,25)26/h3-13H,27H2,1-2H3,(H,29,30)(H,28,31,33)/t13-/m0/s1. The van der Waals surface area contributed by atoms with Gasteiger partial charge in [0.2, 0.25) is 11.9 Å². The molecule has 0 fully saturated rings. The van der Waals surface area contributed by atoms with Crippen molar-refractivity contribution in [3.05, 3.63) is 66.4 Å². The third-order valence-electron chi connectivity index (χ3n) is 4.93. The summed E-state index contributed by atoms with van der Waals surface area (Å²) in [6, 6.07) is 12.6. The average molecular weight is 470 g/mol. The summed E-state index contributed by atoms with van der Waals surface area (Å²) in [5.41, 5.74) is 6.40. The molecule has 2 aromatic carbocycles. The maximum atomic E-state index is 13.0. The Morgan fingerprint density at radius 1 is 1.12 bits per heavy atom. The number of nitrogens with one attached hydrogen (secondary N) is 2. The number of aryl methyl sites for hydroxylation is 1. The van der Waals surface area contributed by atoms with Crippen LogP contribution in [0.4, 0.5) is 30.6 Å². The number of rotatable bonds is 6. The zero-order valence-corrected chi connectivity index (χ0v) is 18.2. The van der Waals surface area contributed by atoms with Gasteiger partial charge in [-0.25, -0.2) is 9.97 Å². The number of ether oxygens (including phenoxy) is 1. The third-order valence-corrected chi connectivity index (χ3v) is 4.93. The van der Waals surface area contributed by atoms with E-state index in [0.717, 1.165) is 17.6 Å². The minimum Gasteiger partial charge on any atom is -0.457 e. The number of nitrogens with zero attached hydrogens (tertiary/aromatic N) is 3. The third kappa shape index (κ3) is 5.09. The molecule has 11 heteroatoms. The van der Waals surface area contributed by atoms with Crippen LogP contribution in [-0.2, 0) is 18.0 Å². The Balaban J connectivity index is 1.55. The van der Waals surface area contributed by atoms with Crippen molar-refractivity contribution in [2.45, 2.75) is 19.1 Å². The molecule has 0 bridgehead atoms. The molecule has 4 rings (SSSR count). The zero-order chi connectivity index (χ0) is 24.5. The molecular formula is C23H21F3N6O2. The van der Waals surface area contributed by atoms with E-state index in [2.05, 4.69) is 20.6 Å². The molecule has 8 nitrogen and oxygen atoms in total. The minimum absolute atomic E-state index is 0.267. The first-order valence-electron chi connectivity index (χ1n) is 10.2. The van der Waals surface area contributed by atoms with Crippen LogP contribution in [0.5, 0.6) is 11.5 Å². The van der Waals surface area contributed by atoms with Crippen molar-refractivity contribution >= 4 is 34.4 Å². The number of aromatic nitrogens is 3. The molecule has 2 aromatic heterocycles. The second kappa shape index (κ2) is 9.02. The average Bonchev–Trinajstić information content (AvgIpc) is 3.08. The summed E-state index contributed by atoms with van der Waals surface area (Å²) in [7, 11) is 1.75. The molecule has 0 unspecified atom stereocenters. The highest BCUT2D eigenvalue weighted by Gasteiger charge is 2.30. The number of anilines is 3. The Morgan fingerprint density at radius 2 is 1.88 bits per heavy atom. The maximum absolute atomic E-state index is 13.0. The van der Waals surface area contributed by atoms with Gasteiger partial charge in [-0.3, -0.25) is 4.79 Å². The second-order valence-electron chi connectivity index (χ2n) is 7.61. The van der Waals surface area contributed by atoms with Gasteiger partial charge in [-0.15, -0.1) is 0 Å². The van der Waals surface area contributed by atoms with Gasteiger partial charge in [0, 0.05) is 31.1 Å². The lowest BCUT2D eigenvalue weighted by atomic mass is 10.2. The topological polar surface area (TPSA) is 107 Å². The highest BCUT2D eigenvalue weighted by Crippen LogP contribution is 2.32. The van der Waals surface area contributed by atoms with Gasteiger partial charge >= 0.3 is 6.18 Å². The molecule has 0 saturated carbocycles. The number of fused-ring (bicyclic) bond motifs is 1. The van der Waals surface area contributed by atoms with Crippen LogP contribution < -0.4 is 21.1 Å². The van der Waals surface area contributed by atoms with Crippen molar-refractivity contribution in [2.75, 3.05) is 10.6 Å². The van der Waals surface area contributed by atoms with E-state index in [1.807, 2.05) is 0 Å². The summed E-state index contributed by atoms with van der Waals surface area (Å²) in [4.78, 5) is 20.3. The lowest BCUT2D eigenvalue weighted by molar-refractivity contribution is -0.137.